The number of rotatable bonds is 3. The first-order valence-electron chi connectivity index (χ1n) is 3.65. The molecular formula is C7H12N6O. The van der Waals surface area contributed by atoms with Crippen LogP contribution in [0, 0.1) is 5.41 Å². The van der Waals surface area contributed by atoms with Crippen molar-refractivity contribution < 1.29 is 4.79 Å². The predicted molar refractivity (Wildman–Crippen MR) is 53.2 cm³/mol. The second-order valence-electron chi connectivity index (χ2n) is 2.25. The van der Waals surface area contributed by atoms with Crippen LogP contribution in [-0.4, -0.2) is 31.0 Å². The van der Waals surface area contributed by atoms with Crippen LogP contribution in [0.4, 0.5) is 4.79 Å². The van der Waals surface area contributed by atoms with E-state index < -0.39 is 6.03 Å². The van der Waals surface area contributed by atoms with Crippen molar-refractivity contribution in [3.05, 3.63) is 11.4 Å². The quantitative estimate of drug-likeness (QED) is 0.398. The number of carbonyl (C=O) groups excluding carboxylic acids is 1. The highest BCUT2D eigenvalue weighted by atomic mass is 16.2. The van der Waals surface area contributed by atoms with E-state index in [1.807, 2.05) is 0 Å². The third-order valence-corrected chi connectivity index (χ3v) is 1.26. The zero-order valence-corrected chi connectivity index (χ0v) is 8.06. The van der Waals surface area contributed by atoms with Crippen LogP contribution in [0.1, 0.15) is 6.92 Å². The highest BCUT2D eigenvalue weighted by Crippen LogP contribution is 2.07. The number of nitrogens with zero attached hydrogens (tertiary/aromatic N) is 4. The van der Waals surface area contributed by atoms with E-state index in [0.717, 1.165) is 11.2 Å². The summed E-state index contributed by atoms with van der Waals surface area (Å²) in [6.45, 7) is 4.60. The van der Waals surface area contributed by atoms with Crippen LogP contribution >= 0.6 is 0 Å². The monoisotopic (exact) mass is 196 g/mol. The molecule has 0 aromatic heterocycles. The Kier molecular flexibility index (Phi) is 4.76. The largest absolute Gasteiger partial charge is 0.400 e. The molecule has 3 N–H and O–H groups in total. The van der Waals surface area contributed by atoms with E-state index in [1.165, 1.54) is 14.0 Å². The number of allylic oxidation sites excluding steroid dienone is 2. The van der Waals surface area contributed by atoms with E-state index in [4.69, 9.17) is 11.1 Å². The first kappa shape index (κ1) is 11.9. The van der Waals surface area contributed by atoms with Gasteiger partial charge in [0.05, 0.1) is 7.05 Å². The molecular weight excluding hydrogens is 184 g/mol. The van der Waals surface area contributed by atoms with Gasteiger partial charge in [0.25, 0.3) is 0 Å². The number of nitrogens with two attached hydrogens (primary N) is 1. The molecule has 7 heteroatoms. The lowest BCUT2D eigenvalue weighted by molar-refractivity contribution is 0.222. The molecule has 0 rings (SSSR count). The normalized spacial score (nSPS) is 12.1. The molecule has 0 aromatic carbocycles. The average Bonchev–Trinajstić information content (AvgIpc) is 2.16. The maximum Gasteiger partial charge on any atom is 0.369 e. The van der Waals surface area contributed by atoms with Crippen LogP contribution in [0.5, 0.6) is 0 Å². The molecule has 0 aliphatic carbocycles. The summed E-state index contributed by atoms with van der Waals surface area (Å²) in [5.41, 5.74) is 5.83. The minimum absolute atomic E-state index is 0.119. The number of carbonyl (C=O) groups is 1. The van der Waals surface area contributed by atoms with Crippen molar-refractivity contribution in [1.82, 2.24) is 5.01 Å². The molecule has 0 heterocycles. The first-order valence-corrected chi connectivity index (χ1v) is 3.65. The van der Waals surface area contributed by atoms with Crippen LogP contribution in [0.2, 0.25) is 0 Å². The average molecular weight is 196 g/mol. The Morgan fingerprint density at radius 1 is 1.64 bits per heavy atom. The van der Waals surface area contributed by atoms with E-state index >= 15 is 0 Å². The molecule has 0 aliphatic heterocycles. The summed E-state index contributed by atoms with van der Waals surface area (Å²) in [7, 11) is 1.39. The van der Waals surface area contributed by atoms with Gasteiger partial charge >= 0.3 is 6.03 Å². The molecule has 0 bridgehead atoms. The molecule has 14 heavy (non-hydrogen) atoms. The molecule has 0 aliphatic rings. The highest BCUT2D eigenvalue weighted by molar-refractivity contribution is 5.88. The maximum absolute atomic E-state index is 11.2. The van der Waals surface area contributed by atoms with Crippen LogP contribution in [-0.2, 0) is 0 Å². The molecule has 0 aromatic rings. The second-order valence-corrected chi connectivity index (χ2v) is 2.25. The van der Waals surface area contributed by atoms with Crippen LogP contribution < -0.4 is 5.73 Å². The molecule has 0 atom stereocenters. The summed E-state index contributed by atoms with van der Waals surface area (Å²) in [4.78, 5) is 14.3. The van der Waals surface area contributed by atoms with Gasteiger partial charge in [-0.05, 0) is 13.6 Å². The number of nitrogens with one attached hydrogen (secondary N) is 1. The predicted octanol–water partition coefficient (Wildman–Crippen LogP) is 0.946. The smallest absolute Gasteiger partial charge is 0.369 e. The van der Waals surface area contributed by atoms with Gasteiger partial charge in [-0.2, -0.15) is 10.1 Å². The van der Waals surface area contributed by atoms with Crippen molar-refractivity contribution in [3.63, 3.8) is 0 Å². The van der Waals surface area contributed by atoms with Gasteiger partial charge in [0, 0.05) is 11.9 Å². The summed E-state index contributed by atoms with van der Waals surface area (Å²) in [5.74, 6) is 0. The second kappa shape index (κ2) is 5.57. The molecule has 0 spiro atoms. The third-order valence-electron chi connectivity index (χ3n) is 1.26. The SMILES string of the molecule is C=NC(=O)N(N=NC)/C(C=N)=C(/C)N. The van der Waals surface area contributed by atoms with Gasteiger partial charge in [-0.1, -0.05) is 5.22 Å². The van der Waals surface area contributed by atoms with Crippen molar-refractivity contribution in [3.8, 4) is 0 Å². The van der Waals surface area contributed by atoms with Crippen LogP contribution in [0.3, 0.4) is 0 Å². The van der Waals surface area contributed by atoms with Crippen LogP contribution in [0.15, 0.2) is 26.7 Å². The Hall–Kier alpha value is -2.05. The number of amides is 2. The van der Waals surface area contributed by atoms with Gasteiger partial charge in [0.1, 0.15) is 5.70 Å². The van der Waals surface area contributed by atoms with E-state index in [9.17, 15) is 4.79 Å². The molecule has 76 valence electrons. The van der Waals surface area contributed by atoms with Gasteiger partial charge in [-0.3, -0.25) is 0 Å². The molecule has 0 unspecified atom stereocenters. The Morgan fingerprint density at radius 3 is 2.50 bits per heavy atom. The Morgan fingerprint density at radius 2 is 2.21 bits per heavy atom. The van der Waals surface area contributed by atoms with Gasteiger partial charge in [-0.25, -0.2) is 9.79 Å². The first-order chi connectivity index (χ1) is 6.58. The summed E-state index contributed by atoms with van der Waals surface area (Å²) < 4.78 is 0. The summed E-state index contributed by atoms with van der Waals surface area (Å²) in [5, 5.41) is 14.7. The van der Waals surface area contributed by atoms with Gasteiger partial charge in [0.15, 0.2) is 0 Å². The van der Waals surface area contributed by atoms with Gasteiger partial charge in [-0.15, -0.1) is 0 Å². The lowest BCUT2D eigenvalue weighted by atomic mass is 10.3. The number of hydrogen-bond donors (Lipinski definition) is 2. The minimum atomic E-state index is -0.737. The lowest BCUT2D eigenvalue weighted by Crippen LogP contribution is -2.25. The molecule has 0 fully saturated rings. The van der Waals surface area contributed by atoms with Crippen molar-refractivity contribution >= 4 is 19.0 Å². The highest BCUT2D eigenvalue weighted by Gasteiger charge is 2.16. The van der Waals surface area contributed by atoms with Crippen molar-refractivity contribution in [2.75, 3.05) is 7.05 Å². The molecule has 2 amide bonds. The molecule has 0 radical (unpaired) electrons. The maximum atomic E-state index is 11.2. The Balaban J connectivity index is 5.19. The number of hydrogen-bond acceptors (Lipinski definition) is 5. The fourth-order valence-corrected chi connectivity index (χ4v) is 0.688. The van der Waals surface area contributed by atoms with Crippen molar-refractivity contribution in [2.45, 2.75) is 6.92 Å². The molecule has 7 nitrogen and oxygen atoms in total. The zero-order valence-electron chi connectivity index (χ0n) is 8.06. The van der Waals surface area contributed by atoms with E-state index in [0.29, 0.717) is 0 Å². The van der Waals surface area contributed by atoms with Crippen molar-refractivity contribution in [1.29, 1.82) is 5.41 Å². The fourth-order valence-electron chi connectivity index (χ4n) is 0.688. The third kappa shape index (κ3) is 2.77. The Bertz CT molecular complexity index is 301. The van der Waals surface area contributed by atoms with E-state index in [-0.39, 0.29) is 11.4 Å². The number of urea groups is 1. The van der Waals surface area contributed by atoms with Crippen LogP contribution in [0.25, 0.3) is 0 Å². The molecule has 0 saturated heterocycles. The van der Waals surface area contributed by atoms with E-state index in [2.05, 4.69) is 22.0 Å². The minimum Gasteiger partial charge on any atom is -0.400 e. The van der Waals surface area contributed by atoms with E-state index in [1.54, 1.807) is 0 Å². The Labute approximate surface area is 81.5 Å². The van der Waals surface area contributed by atoms with Crippen molar-refractivity contribution in [2.24, 2.45) is 21.1 Å². The van der Waals surface area contributed by atoms with Gasteiger partial charge in [0.2, 0.25) is 0 Å². The fraction of sp³-hybridized carbons (Fsp3) is 0.286. The zero-order chi connectivity index (χ0) is 11.1. The number of aliphatic imine (C=N–C) groups is 1. The summed E-state index contributed by atoms with van der Waals surface area (Å²) in [6, 6.07) is -0.737. The van der Waals surface area contributed by atoms with Gasteiger partial charge < -0.3 is 11.1 Å². The summed E-state index contributed by atoms with van der Waals surface area (Å²) >= 11 is 0. The standard InChI is InChI=1S/C7H12N6O/c1-5(9)6(4-8)13(12-11-3)7(14)10-2/h4,8H,2,9H2,1,3H3/b6-5-,8-4?,12-11?. The topological polar surface area (TPSA) is 107 Å². The molecule has 0 saturated carbocycles. The summed E-state index contributed by atoms with van der Waals surface area (Å²) in [6.07, 6.45) is 0.896. The lowest BCUT2D eigenvalue weighted by Gasteiger charge is -2.13.